The average molecular weight is 230 g/mol. The quantitative estimate of drug-likeness (QED) is 0.583. The second kappa shape index (κ2) is 6.83. The highest BCUT2D eigenvalue weighted by Gasteiger charge is 2.29. The van der Waals surface area contributed by atoms with E-state index in [2.05, 4.69) is 10.6 Å². The molecule has 0 bridgehead atoms. The molecule has 0 saturated carbocycles. The fourth-order valence-corrected chi connectivity index (χ4v) is 1.92. The molecule has 0 aromatic carbocycles. The van der Waals surface area contributed by atoms with Crippen molar-refractivity contribution in [2.75, 3.05) is 20.3 Å². The van der Waals surface area contributed by atoms with Gasteiger partial charge in [-0.05, 0) is 19.3 Å². The molecule has 1 saturated heterocycles. The van der Waals surface area contributed by atoms with Crippen molar-refractivity contribution in [3.05, 3.63) is 0 Å². The Labute approximate surface area is 96.6 Å². The lowest BCUT2D eigenvalue weighted by molar-refractivity contribution is -0.123. The summed E-state index contributed by atoms with van der Waals surface area (Å²) in [4.78, 5) is 11.8. The molecule has 0 aromatic heterocycles. The molecule has 0 aromatic rings. The Balaban J connectivity index is 2.34. The number of ether oxygens (including phenoxy) is 1. The van der Waals surface area contributed by atoms with Crippen molar-refractivity contribution in [3.63, 3.8) is 0 Å². The van der Waals surface area contributed by atoms with Crippen LogP contribution in [0.2, 0.25) is 0 Å². The van der Waals surface area contributed by atoms with Crippen molar-refractivity contribution in [1.82, 2.24) is 10.6 Å². The van der Waals surface area contributed by atoms with Gasteiger partial charge in [-0.25, -0.2) is 0 Å². The van der Waals surface area contributed by atoms with Crippen molar-refractivity contribution in [2.24, 2.45) is 0 Å². The molecule has 1 heterocycles. The van der Waals surface area contributed by atoms with Gasteiger partial charge in [-0.2, -0.15) is 0 Å². The molecule has 0 spiro atoms. The average Bonchev–Trinajstić information content (AvgIpc) is 2.76. The summed E-state index contributed by atoms with van der Waals surface area (Å²) in [6.07, 6.45) is 2.31. The van der Waals surface area contributed by atoms with Crippen LogP contribution in [0.25, 0.3) is 0 Å². The Bertz CT molecular complexity index is 223. The Morgan fingerprint density at radius 1 is 1.69 bits per heavy atom. The summed E-state index contributed by atoms with van der Waals surface area (Å²) in [5.74, 6) is 0.0138. The van der Waals surface area contributed by atoms with Crippen molar-refractivity contribution in [3.8, 4) is 0 Å². The number of rotatable bonds is 6. The van der Waals surface area contributed by atoms with E-state index in [0.717, 1.165) is 19.4 Å². The lowest BCUT2D eigenvalue weighted by atomic mass is 10.1. The number of carbonyl (C=O) groups excluding carboxylic acids is 1. The topological polar surface area (TPSA) is 70.6 Å². The maximum Gasteiger partial charge on any atom is 0.237 e. The Morgan fingerprint density at radius 2 is 2.44 bits per heavy atom. The molecule has 1 aliphatic rings. The summed E-state index contributed by atoms with van der Waals surface area (Å²) in [7, 11) is 1.66. The highest BCUT2D eigenvalue weighted by molar-refractivity contribution is 5.82. The van der Waals surface area contributed by atoms with Gasteiger partial charge in [0.1, 0.15) is 0 Å². The van der Waals surface area contributed by atoms with Crippen LogP contribution in [-0.2, 0) is 9.53 Å². The third kappa shape index (κ3) is 3.73. The van der Waals surface area contributed by atoms with E-state index in [1.165, 1.54) is 0 Å². The van der Waals surface area contributed by atoms with Gasteiger partial charge < -0.3 is 20.5 Å². The Hall–Kier alpha value is -0.650. The van der Waals surface area contributed by atoms with E-state index in [9.17, 15) is 4.79 Å². The number of carbonyl (C=O) groups is 1. The van der Waals surface area contributed by atoms with Gasteiger partial charge in [0.25, 0.3) is 0 Å². The van der Waals surface area contributed by atoms with Crippen molar-refractivity contribution in [1.29, 1.82) is 0 Å². The molecule has 1 fully saturated rings. The monoisotopic (exact) mass is 230 g/mol. The van der Waals surface area contributed by atoms with E-state index < -0.39 is 0 Å². The van der Waals surface area contributed by atoms with E-state index in [1.54, 1.807) is 7.11 Å². The van der Waals surface area contributed by atoms with Crippen molar-refractivity contribution in [2.45, 2.75) is 44.4 Å². The lowest BCUT2D eigenvalue weighted by Gasteiger charge is -2.18. The van der Waals surface area contributed by atoms with Crippen molar-refractivity contribution < 1.29 is 14.6 Å². The van der Waals surface area contributed by atoms with Gasteiger partial charge in [0, 0.05) is 26.3 Å². The van der Waals surface area contributed by atoms with Crippen LogP contribution in [0.15, 0.2) is 0 Å². The van der Waals surface area contributed by atoms with Crippen LogP contribution in [0.3, 0.4) is 0 Å². The fraction of sp³-hybridized carbons (Fsp3) is 0.909. The molecule has 1 aliphatic heterocycles. The smallest absolute Gasteiger partial charge is 0.237 e. The number of hydrogen-bond donors (Lipinski definition) is 3. The maximum atomic E-state index is 11.8. The van der Waals surface area contributed by atoms with E-state index >= 15 is 0 Å². The summed E-state index contributed by atoms with van der Waals surface area (Å²) in [5, 5.41) is 14.9. The van der Waals surface area contributed by atoms with E-state index in [-0.39, 0.29) is 30.7 Å². The first kappa shape index (κ1) is 13.4. The predicted octanol–water partition coefficient (Wildman–Crippen LogP) is -0.359. The normalized spacial score (nSPS) is 26.7. The molecule has 0 aliphatic carbocycles. The lowest BCUT2D eigenvalue weighted by Crippen LogP contribution is -2.45. The molecule has 5 nitrogen and oxygen atoms in total. The van der Waals surface area contributed by atoms with Gasteiger partial charge >= 0.3 is 0 Å². The molecule has 94 valence electrons. The minimum absolute atomic E-state index is 0.0138. The molecular weight excluding hydrogens is 208 g/mol. The van der Waals surface area contributed by atoms with Crippen LogP contribution in [0, 0.1) is 0 Å². The molecule has 1 amide bonds. The van der Waals surface area contributed by atoms with Crippen LogP contribution in [0.1, 0.15) is 26.2 Å². The first-order valence-electron chi connectivity index (χ1n) is 5.88. The summed E-state index contributed by atoms with van der Waals surface area (Å²) >= 11 is 0. The Morgan fingerprint density at radius 3 is 2.94 bits per heavy atom. The zero-order valence-corrected chi connectivity index (χ0v) is 10.0. The highest BCUT2D eigenvalue weighted by Crippen LogP contribution is 2.10. The fourth-order valence-electron chi connectivity index (χ4n) is 1.92. The van der Waals surface area contributed by atoms with Gasteiger partial charge in [0.05, 0.1) is 12.1 Å². The van der Waals surface area contributed by atoms with Crippen LogP contribution >= 0.6 is 0 Å². The predicted molar refractivity (Wildman–Crippen MR) is 61.1 cm³/mol. The minimum atomic E-state index is -0.155. The zero-order valence-electron chi connectivity index (χ0n) is 10.0. The van der Waals surface area contributed by atoms with Gasteiger partial charge in [-0.15, -0.1) is 0 Å². The first-order chi connectivity index (χ1) is 7.71. The Kier molecular flexibility index (Phi) is 5.73. The number of aliphatic hydroxyl groups is 1. The third-order valence-electron chi connectivity index (χ3n) is 3.06. The number of hydrogen-bond acceptors (Lipinski definition) is 4. The SMILES string of the molecule is CCC(CCO)NC(=O)C1CC(OC)CN1. The molecule has 1 rings (SSSR count). The van der Waals surface area contributed by atoms with Crippen LogP contribution in [0.4, 0.5) is 0 Å². The molecule has 16 heavy (non-hydrogen) atoms. The number of nitrogens with one attached hydrogen (secondary N) is 2. The summed E-state index contributed by atoms with van der Waals surface area (Å²) in [6, 6.07) is -0.0846. The first-order valence-corrected chi connectivity index (χ1v) is 5.88. The van der Waals surface area contributed by atoms with E-state index in [4.69, 9.17) is 9.84 Å². The molecule has 3 unspecified atom stereocenters. The largest absolute Gasteiger partial charge is 0.396 e. The van der Waals surface area contributed by atoms with Gasteiger partial charge in [-0.3, -0.25) is 4.79 Å². The zero-order chi connectivity index (χ0) is 12.0. The van der Waals surface area contributed by atoms with Gasteiger partial charge in [0.15, 0.2) is 0 Å². The second-order valence-electron chi connectivity index (χ2n) is 4.18. The molecule has 3 N–H and O–H groups in total. The third-order valence-corrected chi connectivity index (χ3v) is 3.06. The van der Waals surface area contributed by atoms with Crippen LogP contribution in [-0.4, -0.2) is 49.5 Å². The second-order valence-corrected chi connectivity index (χ2v) is 4.18. The van der Waals surface area contributed by atoms with Crippen LogP contribution < -0.4 is 10.6 Å². The summed E-state index contributed by atoms with van der Waals surface area (Å²) < 4.78 is 5.19. The number of methoxy groups -OCH3 is 1. The number of amides is 1. The van der Waals surface area contributed by atoms with Crippen LogP contribution in [0.5, 0.6) is 0 Å². The van der Waals surface area contributed by atoms with Gasteiger partial charge in [0.2, 0.25) is 5.91 Å². The minimum Gasteiger partial charge on any atom is -0.396 e. The number of aliphatic hydroxyl groups excluding tert-OH is 1. The van der Waals surface area contributed by atoms with Gasteiger partial charge in [-0.1, -0.05) is 6.92 Å². The molecular formula is C11H22N2O3. The molecule has 0 radical (unpaired) electrons. The highest BCUT2D eigenvalue weighted by atomic mass is 16.5. The maximum absolute atomic E-state index is 11.8. The van der Waals surface area contributed by atoms with E-state index in [0.29, 0.717) is 6.42 Å². The van der Waals surface area contributed by atoms with E-state index in [1.807, 2.05) is 6.92 Å². The standard InChI is InChI=1S/C11H22N2O3/c1-3-8(4-5-14)13-11(15)10-6-9(16-2)7-12-10/h8-10,12,14H,3-7H2,1-2H3,(H,13,15). The summed E-state index contributed by atoms with van der Waals surface area (Å²) in [6.45, 7) is 2.84. The molecule has 3 atom stereocenters. The molecule has 5 heteroatoms. The summed E-state index contributed by atoms with van der Waals surface area (Å²) in [5.41, 5.74) is 0. The van der Waals surface area contributed by atoms with Crippen molar-refractivity contribution >= 4 is 5.91 Å².